The molecule has 0 atom stereocenters. The molecule has 0 aliphatic heterocycles. The summed E-state index contributed by atoms with van der Waals surface area (Å²) in [6.07, 6.45) is 1.86. The Labute approximate surface area is 128 Å². The van der Waals surface area contributed by atoms with E-state index in [9.17, 15) is 5.11 Å². The summed E-state index contributed by atoms with van der Waals surface area (Å²) in [5.74, 6) is 0.265. The Morgan fingerprint density at radius 1 is 1.00 bits per heavy atom. The molecule has 1 heterocycles. The first-order chi connectivity index (χ1) is 10.1. The molecule has 0 radical (unpaired) electrons. The first-order valence-electron chi connectivity index (χ1n) is 6.67. The molecule has 0 aliphatic rings. The van der Waals surface area contributed by atoms with Gasteiger partial charge in [-0.15, -0.1) is 11.3 Å². The van der Waals surface area contributed by atoms with Gasteiger partial charge in [-0.1, -0.05) is 24.3 Å². The van der Waals surface area contributed by atoms with Crippen molar-refractivity contribution in [1.29, 1.82) is 0 Å². The van der Waals surface area contributed by atoms with E-state index in [1.54, 1.807) is 17.4 Å². The first kappa shape index (κ1) is 13.6. The van der Waals surface area contributed by atoms with Crippen LogP contribution in [0.4, 0.5) is 5.69 Å². The molecule has 2 aromatic carbocycles. The molecule has 0 amide bonds. The van der Waals surface area contributed by atoms with Crippen molar-refractivity contribution in [2.24, 2.45) is 0 Å². The number of hydrogen-bond acceptors (Lipinski definition) is 4. The second kappa shape index (κ2) is 5.58. The summed E-state index contributed by atoms with van der Waals surface area (Å²) < 4.78 is 0. The van der Waals surface area contributed by atoms with Gasteiger partial charge in [0, 0.05) is 26.0 Å². The van der Waals surface area contributed by atoms with Gasteiger partial charge in [-0.3, -0.25) is 0 Å². The molecule has 1 N–H and O–H groups in total. The van der Waals surface area contributed by atoms with Crippen molar-refractivity contribution in [2.75, 3.05) is 19.0 Å². The van der Waals surface area contributed by atoms with Crippen LogP contribution in [0.2, 0.25) is 0 Å². The molecule has 0 aliphatic carbocycles. The molecule has 0 fully saturated rings. The molecular formula is C17H16N2OS. The summed E-state index contributed by atoms with van der Waals surface area (Å²) in [5, 5.41) is 10.7. The molecule has 0 saturated carbocycles. The minimum absolute atomic E-state index is 0.265. The topological polar surface area (TPSA) is 36.4 Å². The van der Waals surface area contributed by atoms with Crippen LogP contribution in [0.3, 0.4) is 0 Å². The smallest absolute Gasteiger partial charge is 0.127 e. The van der Waals surface area contributed by atoms with Gasteiger partial charge in [-0.05, 0) is 29.8 Å². The van der Waals surface area contributed by atoms with Gasteiger partial charge < -0.3 is 10.0 Å². The van der Waals surface area contributed by atoms with Gasteiger partial charge in [0.25, 0.3) is 0 Å². The average Bonchev–Trinajstić information content (AvgIpc) is 2.97. The highest BCUT2D eigenvalue weighted by atomic mass is 32.1. The van der Waals surface area contributed by atoms with Crippen molar-refractivity contribution in [3.63, 3.8) is 0 Å². The summed E-state index contributed by atoms with van der Waals surface area (Å²) >= 11 is 1.58. The SMILES string of the molecule is CN(C)c1ccc(-c2cnc(-c3ccccc3O)s2)cc1. The fourth-order valence-electron chi connectivity index (χ4n) is 2.11. The zero-order chi connectivity index (χ0) is 14.8. The van der Waals surface area contributed by atoms with Gasteiger partial charge in [0.05, 0.1) is 10.4 Å². The number of nitrogens with zero attached hydrogens (tertiary/aromatic N) is 2. The molecular weight excluding hydrogens is 280 g/mol. The lowest BCUT2D eigenvalue weighted by Gasteiger charge is -2.12. The van der Waals surface area contributed by atoms with E-state index in [1.165, 1.54) is 5.69 Å². The van der Waals surface area contributed by atoms with Crippen molar-refractivity contribution in [2.45, 2.75) is 0 Å². The van der Waals surface area contributed by atoms with E-state index in [-0.39, 0.29) is 5.75 Å². The number of phenols is 1. The number of thiazole rings is 1. The zero-order valence-corrected chi connectivity index (χ0v) is 12.8. The highest BCUT2D eigenvalue weighted by molar-refractivity contribution is 7.18. The molecule has 0 bridgehead atoms. The monoisotopic (exact) mass is 296 g/mol. The molecule has 3 nitrogen and oxygen atoms in total. The maximum absolute atomic E-state index is 9.90. The van der Waals surface area contributed by atoms with Crippen molar-refractivity contribution in [3.8, 4) is 26.8 Å². The molecule has 4 heteroatoms. The van der Waals surface area contributed by atoms with Crippen LogP contribution in [0.5, 0.6) is 5.75 Å². The summed E-state index contributed by atoms with van der Waals surface area (Å²) in [6, 6.07) is 15.7. The molecule has 3 aromatic rings. The molecule has 21 heavy (non-hydrogen) atoms. The zero-order valence-electron chi connectivity index (χ0n) is 11.9. The minimum Gasteiger partial charge on any atom is -0.507 e. The number of para-hydroxylation sites is 1. The van der Waals surface area contributed by atoms with Gasteiger partial charge in [0.1, 0.15) is 10.8 Å². The Morgan fingerprint density at radius 3 is 2.38 bits per heavy atom. The lowest BCUT2D eigenvalue weighted by Crippen LogP contribution is -2.07. The number of benzene rings is 2. The third-order valence-electron chi connectivity index (χ3n) is 3.31. The summed E-state index contributed by atoms with van der Waals surface area (Å²) in [6.45, 7) is 0. The maximum atomic E-state index is 9.90. The molecule has 0 spiro atoms. The normalized spacial score (nSPS) is 10.6. The Balaban J connectivity index is 1.93. The van der Waals surface area contributed by atoms with E-state index >= 15 is 0 Å². The van der Waals surface area contributed by atoms with Crippen molar-refractivity contribution in [1.82, 2.24) is 4.98 Å². The van der Waals surface area contributed by atoms with Crippen LogP contribution in [-0.4, -0.2) is 24.2 Å². The summed E-state index contributed by atoms with van der Waals surface area (Å²) in [5.41, 5.74) is 3.09. The lowest BCUT2D eigenvalue weighted by molar-refractivity contribution is 0.477. The number of phenolic OH excluding ortho intramolecular Hbond substituents is 1. The Morgan fingerprint density at radius 2 is 1.71 bits per heavy atom. The second-order valence-electron chi connectivity index (χ2n) is 4.99. The van der Waals surface area contributed by atoms with Crippen molar-refractivity contribution in [3.05, 3.63) is 54.7 Å². The van der Waals surface area contributed by atoms with E-state index < -0.39 is 0 Å². The fraction of sp³-hybridized carbons (Fsp3) is 0.118. The number of rotatable bonds is 3. The maximum Gasteiger partial charge on any atom is 0.127 e. The Bertz CT molecular complexity index is 747. The highest BCUT2D eigenvalue weighted by Crippen LogP contribution is 2.36. The molecule has 3 rings (SSSR count). The third-order valence-corrected chi connectivity index (χ3v) is 4.39. The standard InChI is InChI=1S/C17H16N2OS/c1-19(2)13-9-7-12(8-10-13)16-11-18-17(21-16)14-5-3-4-6-15(14)20/h3-11,20H,1-2H3. The highest BCUT2D eigenvalue weighted by Gasteiger charge is 2.09. The number of aromatic hydroxyl groups is 1. The number of hydrogen-bond donors (Lipinski definition) is 1. The van der Waals surface area contributed by atoms with Crippen molar-refractivity contribution < 1.29 is 5.11 Å². The van der Waals surface area contributed by atoms with Gasteiger partial charge in [-0.25, -0.2) is 4.98 Å². The van der Waals surface area contributed by atoms with Crippen LogP contribution in [0, 0.1) is 0 Å². The average molecular weight is 296 g/mol. The van der Waals surface area contributed by atoms with Crippen molar-refractivity contribution >= 4 is 17.0 Å². The molecule has 0 unspecified atom stereocenters. The van der Waals surface area contributed by atoms with Gasteiger partial charge >= 0.3 is 0 Å². The van der Waals surface area contributed by atoms with Gasteiger partial charge in [0.15, 0.2) is 0 Å². The predicted molar refractivity (Wildman–Crippen MR) is 89.0 cm³/mol. The van der Waals surface area contributed by atoms with E-state index in [0.29, 0.717) is 0 Å². The first-order valence-corrected chi connectivity index (χ1v) is 7.49. The summed E-state index contributed by atoms with van der Waals surface area (Å²) in [7, 11) is 4.05. The van der Waals surface area contributed by atoms with Crippen LogP contribution >= 0.6 is 11.3 Å². The van der Waals surface area contributed by atoms with E-state index in [4.69, 9.17) is 0 Å². The lowest BCUT2D eigenvalue weighted by atomic mass is 10.2. The molecule has 1 aromatic heterocycles. The van der Waals surface area contributed by atoms with E-state index in [2.05, 4.69) is 34.1 Å². The third kappa shape index (κ3) is 2.76. The van der Waals surface area contributed by atoms with E-state index in [0.717, 1.165) is 21.0 Å². The van der Waals surface area contributed by atoms with Crippen LogP contribution < -0.4 is 4.90 Å². The largest absolute Gasteiger partial charge is 0.507 e. The fourth-order valence-corrected chi connectivity index (χ4v) is 3.07. The molecule has 106 valence electrons. The number of aromatic nitrogens is 1. The molecule has 0 saturated heterocycles. The van der Waals surface area contributed by atoms with Gasteiger partial charge in [0.2, 0.25) is 0 Å². The number of anilines is 1. The van der Waals surface area contributed by atoms with Crippen LogP contribution in [0.1, 0.15) is 0 Å². The van der Waals surface area contributed by atoms with E-state index in [1.807, 2.05) is 38.5 Å². The van der Waals surface area contributed by atoms with Crippen LogP contribution in [0.15, 0.2) is 54.7 Å². The van der Waals surface area contributed by atoms with Crippen LogP contribution in [0.25, 0.3) is 21.0 Å². The van der Waals surface area contributed by atoms with Crippen LogP contribution in [-0.2, 0) is 0 Å². The predicted octanol–water partition coefficient (Wildman–Crippen LogP) is 4.25. The second-order valence-corrected chi connectivity index (χ2v) is 6.02. The Kier molecular flexibility index (Phi) is 3.62. The quantitative estimate of drug-likeness (QED) is 0.785. The Hall–Kier alpha value is -2.33. The summed E-state index contributed by atoms with van der Waals surface area (Å²) in [4.78, 5) is 7.60. The minimum atomic E-state index is 0.265. The van der Waals surface area contributed by atoms with Gasteiger partial charge in [-0.2, -0.15) is 0 Å².